The lowest BCUT2D eigenvalue weighted by molar-refractivity contribution is 0.483. The van der Waals surface area contributed by atoms with Crippen LogP contribution in [0.4, 0.5) is 68.2 Å². The first-order valence-electron chi connectivity index (χ1n) is 38.8. The number of nitrogens with zero attached hydrogens (tertiary/aromatic N) is 4. The molecule has 0 atom stereocenters. The number of para-hydroxylation sites is 6. The molecule has 0 fully saturated rings. The molecule has 0 saturated carbocycles. The van der Waals surface area contributed by atoms with Gasteiger partial charge in [0, 0.05) is 92.5 Å². The lowest BCUT2D eigenvalue weighted by Gasteiger charge is -2.47. The van der Waals surface area contributed by atoms with Crippen molar-refractivity contribution >= 4 is 114 Å². The van der Waals surface area contributed by atoms with Gasteiger partial charge in [0.25, 0.3) is 13.4 Å². The standard InChI is InChI=1S/C104H68B2N4O2/c1-9-33-69(34-10-1)103(70-35-11-2-12-36-70)85-51-27-25-49-81(85)83-61-75(57-59-87(83)103)109-95-68-96-92(67-91(95)105-89-53-29-31-55-93(89)107(73-41-17-5-18-42-73)97-63-79(65-99(109)101(97)105)111-77-45-21-7-22-46-77)106-90-54-30-32-56-94(90)108(74-43-19-6-20-44-74)98-64-80(112-78-47-23-8-24-48-78)66-100(102(98)106)110(96)76-58-60-88-84(62-76)82-50-26-28-52-86(82)104(88,71-37-13-3-14-38-71)72-39-15-4-16-40-72/h1-68H. The van der Waals surface area contributed by atoms with E-state index in [0.29, 0.717) is 0 Å². The molecular weight excluding hydrogens is 1360 g/mol. The minimum absolute atomic E-state index is 0.265. The fourth-order valence-electron chi connectivity index (χ4n) is 20.1. The number of fused-ring (bicyclic) bond motifs is 14. The molecule has 4 aliphatic heterocycles. The van der Waals surface area contributed by atoms with Crippen LogP contribution in [-0.2, 0) is 10.8 Å². The molecule has 0 bridgehead atoms. The first-order chi connectivity index (χ1) is 55.6. The third kappa shape index (κ3) is 9.30. The molecule has 522 valence electrons. The molecule has 4 heterocycles. The summed E-state index contributed by atoms with van der Waals surface area (Å²) in [6, 6.07) is 153. The Kier molecular flexibility index (Phi) is 14.3. The quantitative estimate of drug-likeness (QED) is 0.113. The van der Waals surface area contributed by atoms with Crippen LogP contribution >= 0.6 is 0 Å². The minimum atomic E-state index is -0.625. The van der Waals surface area contributed by atoms with E-state index in [1.807, 2.05) is 12.1 Å². The van der Waals surface area contributed by atoms with Crippen molar-refractivity contribution in [2.75, 3.05) is 19.6 Å². The van der Waals surface area contributed by atoms with E-state index in [2.05, 4.69) is 420 Å². The van der Waals surface area contributed by atoms with Crippen LogP contribution in [-0.4, -0.2) is 13.4 Å². The largest absolute Gasteiger partial charge is 0.457 e. The molecule has 0 aromatic heterocycles. The second-order valence-electron chi connectivity index (χ2n) is 30.1. The number of benzene rings is 17. The predicted octanol–water partition coefficient (Wildman–Crippen LogP) is 22.2. The zero-order chi connectivity index (χ0) is 73.6. The van der Waals surface area contributed by atoms with E-state index in [9.17, 15) is 0 Å². The monoisotopic (exact) mass is 1430 g/mol. The Bertz CT molecular complexity index is 6140. The fourth-order valence-corrected chi connectivity index (χ4v) is 20.1. The highest BCUT2D eigenvalue weighted by Crippen LogP contribution is 2.61. The molecule has 0 N–H and O–H groups in total. The second kappa shape index (κ2) is 25.1. The zero-order valence-electron chi connectivity index (χ0n) is 61.0. The SMILES string of the molecule is c1ccc(Oc2cc3c4c(c2)N(c2ccc5c(c2)-c2ccccc2C5(c2ccccc2)c2ccccc2)c2cc5c(cc2B4c2ccccc2N3c2ccccc2)B2c3ccccc3N(c3ccccc3)c3cc(Oc4ccccc4)cc(c32)N5c2ccc3c(c2)-c2ccccc2C3(c2ccccc2)c2ccccc2)cc1. The molecule has 23 rings (SSSR count). The molecule has 112 heavy (non-hydrogen) atoms. The van der Waals surface area contributed by atoms with E-state index in [-0.39, 0.29) is 13.4 Å². The summed E-state index contributed by atoms with van der Waals surface area (Å²) < 4.78 is 14.5. The molecule has 0 unspecified atom stereocenters. The van der Waals surface area contributed by atoms with Crippen LogP contribution < -0.4 is 61.9 Å². The van der Waals surface area contributed by atoms with Gasteiger partial charge < -0.3 is 29.1 Å². The molecule has 6 aliphatic rings. The third-order valence-corrected chi connectivity index (χ3v) is 24.4. The molecule has 0 radical (unpaired) electrons. The molecule has 2 aliphatic carbocycles. The van der Waals surface area contributed by atoms with E-state index in [4.69, 9.17) is 9.47 Å². The van der Waals surface area contributed by atoms with Gasteiger partial charge in [-0.3, -0.25) is 0 Å². The summed E-state index contributed by atoms with van der Waals surface area (Å²) in [5, 5.41) is 0. The van der Waals surface area contributed by atoms with Crippen molar-refractivity contribution in [3.05, 3.63) is 457 Å². The van der Waals surface area contributed by atoms with Crippen molar-refractivity contribution in [3.63, 3.8) is 0 Å². The van der Waals surface area contributed by atoms with Gasteiger partial charge in [-0.05, 0) is 191 Å². The van der Waals surface area contributed by atoms with Crippen molar-refractivity contribution in [3.8, 4) is 45.3 Å². The highest BCUT2D eigenvalue weighted by molar-refractivity contribution is 7.03. The van der Waals surface area contributed by atoms with E-state index in [1.54, 1.807) is 0 Å². The van der Waals surface area contributed by atoms with E-state index >= 15 is 0 Å². The lowest BCUT2D eigenvalue weighted by atomic mass is 9.30. The van der Waals surface area contributed by atoms with Crippen LogP contribution in [0.25, 0.3) is 22.3 Å². The van der Waals surface area contributed by atoms with Crippen LogP contribution in [0, 0.1) is 0 Å². The molecule has 6 nitrogen and oxygen atoms in total. The van der Waals surface area contributed by atoms with Crippen molar-refractivity contribution in [2.45, 2.75) is 10.8 Å². The molecule has 0 amide bonds. The Balaban J connectivity index is 0.849. The van der Waals surface area contributed by atoms with Crippen LogP contribution in [0.3, 0.4) is 0 Å². The van der Waals surface area contributed by atoms with E-state index in [0.717, 1.165) is 91.2 Å². The number of anilines is 12. The number of hydrogen-bond acceptors (Lipinski definition) is 6. The number of ether oxygens (including phenoxy) is 2. The van der Waals surface area contributed by atoms with Crippen molar-refractivity contribution in [2.24, 2.45) is 0 Å². The first-order valence-corrected chi connectivity index (χ1v) is 38.8. The molecule has 0 spiro atoms. The number of hydrogen-bond donors (Lipinski definition) is 0. The molecule has 8 heteroatoms. The van der Waals surface area contributed by atoms with Gasteiger partial charge in [-0.1, -0.05) is 297 Å². The maximum absolute atomic E-state index is 7.27. The second-order valence-corrected chi connectivity index (χ2v) is 30.1. The summed E-state index contributed by atoms with van der Waals surface area (Å²) in [5.74, 6) is 2.95. The van der Waals surface area contributed by atoms with Crippen LogP contribution in [0.2, 0.25) is 0 Å². The maximum Gasteiger partial charge on any atom is 0.252 e. The summed E-state index contributed by atoms with van der Waals surface area (Å²) in [6.45, 7) is -0.530. The summed E-state index contributed by atoms with van der Waals surface area (Å²) in [4.78, 5) is 10.1. The Morgan fingerprint density at radius 3 is 0.848 bits per heavy atom. The average Bonchev–Trinajstić information content (AvgIpc) is 0.809. The smallest absolute Gasteiger partial charge is 0.252 e. The van der Waals surface area contributed by atoms with Crippen LogP contribution in [0.15, 0.2) is 413 Å². The van der Waals surface area contributed by atoms with Crippen molar-refractivity contribution < 1.29 is 9.47 Å². The van der Waals surface area contributed by atoms with Gasteiger partial charge in [-0.25, -0.2) is 0 Å². The molecule has 17 aromatic carbocycles. The molecule has 0 saturated heterocycles. The van der Waals surface area contributed by atoms with Crippen LogP contribution in [0.5, 0.6) is 23.0 Å². The van der Waals surface area contributed by atoms with Crippen molar-refractivity contribution in [1.29, 1.82) is 0 Å². The van der Waals surface area contributed by atoms with Gasteiger partial charge in [-0.2, -0.15) is 0 Å². The summed E-state index contributed by atoms with van der Waals surface area (Å²) in [6.07, 6.45) is 0. The van der Waals surface area contributed by atoms with E-state index in [1.165, 1.54) is 99.5 Å². The Labute approximate surface area is 652 Å². The van der Waals surface area contributed by atoms with Gasteiger partial charge in [-0.15, -0.1) is 0 Å². The fraction of sp³-hybridized carbons (Fsp3) is 0.0192. The van der Waals surface area contributed by atoms with Gasteiger partial charge in [0.05, 0.1) is 10.8 Å². The van der Waals surface area contributed by atoms with Gasteiger partial charge >= 0.3 is 0 Å². The third-order valence-electron chi connectivity index (χ3n) is 24.4. The predicted molar refractivity (Wildman–Crippen MR) is 462 cm³/mol. The summed E-state index contributed by atoms with van der Waals surface area (Å²) in [7, 11) is 0. The highest BCUT2D eigenvalue weighted by atomic mass is 16.5. The average molecular weight is 1430 g/mol. The van der Waals surface area contributed by atoms with Gasteiger partial charge in [0.2, 0.25) is 0 Å². The van der Waals surface area contributed by atoms with Gasteiger partial charge in [0.15, 0.2) is 0 Å². The number of rotatable bonds is 12. The minimum Gasteiger partial charge on any atom is -0.457 e. The van der Waals surface area contributed by atoms with Crippen LogP contribution in [0.1, 0.15) is 44.5 Å². The Morgan fingerprint density at radius 2 is 0.482 bits per heavy atom. The normalized spacial score (nSPS) is 14.1. The lowest BCUT2D eigenvalue weighted by Crippen LogP contribution is -2.65. The summed E-state index contributed by atoms with van der Waals surface area (Å²) >= 11 is 0. The molecular formula is C104H68B2N4O2. The summed E-state index contributed by atoms with van der Waals surface area (Å²) in [5.41, 5.74) is 33.2. The zero-order valence-corrected chi connectivity index (χ0v) is 61.0. The van der Waals surface area contributed by atoms with Gasteiger partial charge in [0.1, 0.15) is 23.0 Å². The Hall–Kier alpha value is -14.3. The maximum atomic E-state index is 7.27. The first kappa shape index (κ1) is 63.7. The van der Waals surface area contributed by atoms with E-state index < -0.39 is 10.8 Å². The topological polar surface area (TPSA) is 31.4 Å². The highest BCUT2D eigenvalue weighted by Gasteiger charge is 2.52. The Morgan fingerprint density at radius 1 is 0.188 bits per heavy atom. The molecule has 17 aromatic rings. The van der Waals surface area contributed by atoms with Crippen molar-refractivity contribution in [1.82, 2.24) is 0 Å².